The smallest absolute Gasteiger partial charge is 0.335 e. The Hall–Kier alpha value is -1.91. The van der Waals surface area contributed by atoms with Gasteiger partial charge in [0, 0.05) is 17.5 Å². The van der Waals surface area contributed by atoms with Gasteiger partial charge in [0.2, 0.25) is 0 Å². The number of aryl methyl sites for hydroxylation is 1. The summed E-state index contributed by atoms with van der Waals surface area (Å²) in [6, 6.07) is 3.13. The van der Waals surface area contributed by atoms with E-state index in [1.807, 2.05) is 19.1 Å². The topological polar surface area (TPSA) is 60.8 Å². The Morgan fingerprint density at radius 3 is 3.00 bits per heavy atom. The number of aliphatic imine (C=N–C) groups is 1. The Bertz CT molecular complexity index is 428. The molecule has 1 aliphatic rings. The lowest BCUT2D eigenvalue weighted by atomic mass is 10.0. The van der Waals surface area contributed by atoms with Crippen molar-refractivity contribution >= 4 is 12.4 Å². The summed E-state index contributed by atoms with van der Waals surface area (Å²) in [5, 5.41) is 0. The summed E-state index contributed by atoms with van der Waals surface area (Å²) in [4.78, 5) is 19.8. The molecule has 5 nitrogen and oxygen atoms in total. The summed E-state index contributed by atoms with van der Waals surface area (Å²) >= 11 is 0. The van der Waals surface area contributed by atoms with Gasteiger partial charge in [-0.2, -0.15) is 0 Å². The zero-order valence-corrected chi connectivity index (χ0v) is 9.79. The number of ether oxygens (including phenoxy) is 2. The molecule has 2 rings (SSSR count). The number of rotatable bonds is 3. The zero-order chi connectivity index (χ0) is 12.3. The lowest BCUT2D eigenvalue weighted by Crippen LogP contribution is -2.26. The summed E-state index contributed by atoms with van der Waals surface area (Å²) in [6.45, 7) is 4.00. The van der Waals surface area contributed by atoms with E-state index in [4.69, 9.17) is 9.47 Å². The molecule has 0 N–H and O–H groups in total. The monoisotopic (exact) mass is 234 g/mol. The van der Waals surface area contributed by atoms with Crippen LogP contribution in [0.2, 0.25) is 0 Å². The average Bonchev–Trinajstić information content (AvgIpc) is 2.79. The van der Waals surface area contributed by atoms with E-state index in [9.17, 15) is 4.79 Å². The van der Waals surface area contributed by atoms with Crippen molar-refractivity contribution in [1.29, 1.82) is 0 Å². The van der Waals surface area contributed by atoms with E-state index in [1.165, 1.54) is 6.40 Å². The first-order valence-corrected chi connectivity index (χ1v) is 5.48. The van der Waals surface area contributed by atoms with Crippen LogP contribution in [0.25, 0.3) is 0 Å². The lowest BCUT2D eigenvalue weighted by Gasteiger charge is -2.15. The van der Waals surface area contributed by atoms with Gasteiger partial charge in [-0.15, -0.1) is 0 Å². The van der Waals surface area contributed by atoms with Crippen LogP contribution in [0.5, 0.6) is 0 Å². The molecule has 0 aromatic carbocycles. The van der Waals surface area contributed by atoms with Crippen LogP contribution < -0.4 is 0 Å². The molecule has 0 radical (unpaired) electrons. The Morgan fingerprint density at radius 2 is 2.35 bits per heavy atom. The zero-order valence-electron chi connectivity index (χ0n) is 9.79. The molecule has 0 saturated carbocycles. The van der Waals surface area contributed by atoms with E-state index in [1.54, 1.807) is 13.1 Å². The van der Waals surface area contributed by atoms with Gasteiger partial charge in [0.1, 0.15) is 0 Å². The molecule has 1 aromatic heterocycles. The summed E-state index contributed by atoms with van der Waals surface area (Å²) in [5.41, 5.74) is 1.74. The number of hydrogen-bond acceptors (Lipinski definition) is 5. The van der Waals surface area contributed by atoms with Crippen LogP contribution in [0.1, 0.15) is 24.3 Å². The van der Waals surface area contributed by atoms with Crippen molar-refractivity contribution in [1.82, 2.24) is 4.98 Å². The summed E-state index contributed by atoms with van der Waals surface area (Å²) in [7, 11) is 0. The van der Waals surface area contributed by atoms with Gasteiger partial charge in [0.25, 0.3) is 0 Å². The molecule has 2 heterocycles. The van der Waals surface area contributed by atoms with Crippen LogP contribution >= 0.6 is 0 Å². The minimum absolute atomic E-state index is 0.337. The number of esters is 1. The molecule has 0 spiro atoms. The summed E-state index contributed by atoms with van der Waals surface area (Å²) in [5.74, 6) is -0.369. The van der Waals surface area contributed by atoms with E-state index in [0.29, 0.717) is 6.61 Å². The van der Waals surface area contributed by atoms with Gasteiger partial charge < -0.3 is 9.47 Å². The largest absolute Gasteiger partial charge is 0.473 e. The molecule has 90 valence electrons. The third-order valence-electron chi connectivity index (χ3n) is 2.51. The Balaban J connectivity index is 2.15. The van der Waals surface area contributed by atoms with Gasteiger partial charge in [0.05, 0.1) is 6.61 Å². The van der Waals surface area contributed by atoms with Crippen LogP contribution in [0.15, 0.2) is 23.3 Å². The average molecular weight is 234 g/mol. The fourth-order valence-corrected chi connectivity index (χ4v) is 1.64. The quantitative estimate of drug-likeness (QED) is 0.742. The number of carbonyl (C=O) groups is 1. The van der Waals surface area contributed by atoms with Crippen molar-refractivity contribution in [3.8, 4) is 0 Å². The van der Waals surface area contributed by atoms with Gasteiger partial charge in [-0.25, -0.2) is 9.79 Å². The molecule has 0 bridgehead atoms. The number of nitrogens with zero attached hydrogens (tertiary/aromatic N) is 2. The highest BCUT2D eigenvalue weighted by Gasteiger charge is 2.35. The van der Waals surface area contributed by atoms with Crippen LogP contribution in [0.3, 0.4) is 0 Å². The predicted octanol–water partition coefficient (Wildman–Crippen LogP) is 1.42. The fourth-order valence-electron chi connectivity index (χ4n) is 1.64. The van der Waals surface area contributed by atoms with E-state index >= 15 is 0 Å². The first-order valence-electron chi connectivity index (χ1n) is 5.48. The lowest BCUT2D eigenvalue weighted by molar-refractivity contribution is -0.146. The number of carbonyl (C=O) groups excluding carboxylic acids is 1. The molecule has 2 atom stereocenters. The Labute approximate surface area is 99.5 Å². The highest BCUT2D eigenvalue weighted by Crippen LogP contribution is 2.27. The number of aromatic nitrogens is 1. The minimum atomic E-state index is -0.626. The first-order chi connectivity index (χ1) is 8.22. The van der Waals surface area contributed by atoms with Crippen molar-refractivity contribution in [2.75, 3.05) is 6.61 Å². The molecule has 5 heteroatoms. The maximum Gasteiger partial charge on any atom is 0.335 e. The fraction of sp³-hybridized carbons (Fsp3) is 0.417. The van der Waals surface area contributed by atoms with Crippen molar-refractivity contribution in [3.05, 3.63) is 29.6 Å². The van der Waals surface area contributed by atoms with Crippen molar-refractivity contribution < 1.29 is 14.3 Å². The standard InChI is InChI=1S/C12H14N2O3/c1-3-16-12(15)10-11(17-7-14-10)9-5-4-8(2)13-6-9/h4-7,10-11H,3H2,1-2H3. The molecule has 2 unspecified atom stereocenters. The molecular formula is C12H14N2O3. The minimum Gasteiger partial charge on any atom is -0.473 e. The van der Waals surface area contributed by atoms with E-state index in [-0.39, 0.29) is 5.97 Å². The molecule has 17 heavy (non-hydrogen) atoms. The van der Waals surface area contributed by atoms with Gasteiger partial charge in [0.15, 0.2) is 18.5 Å². The molecule has 1 aliphatic heterocycles. The van der Waals surface area contributed by atoms with Crippen molar-refractivity contribution in [3.63, 3.8) is 0 Å². The second kappa shape index (κ2) is 4.95. The maximum atomic E-state index is 11.7. The van der Waals surface area contributed by atoms with Crippen LogP contribution in [-0.2, 0) is 14.3 Å². The van der Waals surface area contributed by atoms with Crippen LogP contribution in [0.4, 0.5) is 0 Å². The van der Waals surface area contributed by atoms with Crippen LogP contribution in [0, 0.1) is 6.92 Å². The van der Waals surface area contributed by atoms with E-state index < -0.39 is 12.1 Å². The maximum absolute atomic E-state index is 11.7. The van der Waals surface area contributed by atoms with Gasteiger partial charge in [-0.3, -0.25) is 4.98 Å². The van der Waals surface area contributed by atoms with Crippen LogP contribution in [-0.4, -0.2) is 30.0 Å². The number of pyridine rings is 1. The first kappa shape index (κ1) is 11.6. The van der Waals surface area contributed by atoms with Crippen molar-refractivity contribution in [2.45, 2.75) is 26.0 Å². The normalized spacial score (nSPS) is 22.2. The van der Waals surface area contributed by atoms with E-state index in [2.05, 4.69) is 9.98 Å². The van der Waals surface area contributed by atoms with Gasteiger partial charge >= 0.3 is 5.97 Å². The summed E-state index contributed by atoms with van der Waals surface area (Å²) < 4.78 is 10.3. The molecule has 0 aliphatic carbocycles. The third kappa shape index (κ3) is 2.43. The highest BCUT2D eigenvalue weighted by atomic mass is 16.5. The third-order valence-corrected chi connectivity index (χ3v) is 2.51. The molecular weight excluding hydrogens is 220 g/mol. The SMILES string of the molecule is CCOC(=O)C1N=COC1c1ccc(C)nc1. The predicted molar refractivity (Wildman–Crippen MR) is 61.7 cm³/mol. The van der Waals surface area contributed by atoms with E-state index in [0.717, 1.165) is 11.3 Å². The second-order valence-corrected chi connectivity index (χ2v) is 3.74. The molecule has 1 aromatic rings. The van der Waals surface area contributed by atoms with Crippen molar-refractivity contribution in [2.24, 2.45) is 4.99 Å². The Kier molecular flexibility index (Phi) is 3.37. The van der Waals surface area contributed by atoms with Gasteiger partial charge in [-0.05, 0) is 19.9 Å². The molecule has 0 saturated heterocycles. The molecule has 0 amide bonds. The Morgan fingerprint density at radius 1 is 1.53 bits per heavy atom. The number of hydrogen-bond donors (Lipinski definition) is 0. The summed E-state index contributed by atoms with van der Waals surface area (Å²) in [6.07, 6.45) is 2.56. The molecule has 0 fully saturated rings. The second-order valence-electron chi connectivity index (χ2n) is 3.74. The van der Waals surface area contributed by atoms with Gasteiger partial charge in [-0.1, -0.05) is 6.07 Å². The highest BCUT2D eigenvalue weighted by molar-refractivity contribution is 5.80.